The normalized spacial score (nSPS) is 17.8. The second kappa shape index (κ2) is 6.57. The van der Waals surface area contributed by atoms with E-state index in [4.69, 9.17) is 0 Å². The van der Waals surface area contributed by atoms with E-state index in [-0.39, 0.29) is 11.9 Å². The molecule has 1 saturated heterocycles. The molecule has 1 fully saturated rings. The van der Waals surface area contributed by atoms with Crippen LogP contribution in [-0.4, -0.2) is 32.5 Å². The number of nitrogens with one attached hydrogen (secondary N) is 1. The molecule has 0 aromatic carbocycles. The molecule has 0 saturated carbocycles. The van der Waals surface area contributed by atoms with Crippen LogP contribution in [0.5, 0.6) is 0 Å². The molecule has 1 N–H and O–H groups in total. The van der Waals surface area contributed by atoms with Gasteiger partial charge >= 0.3 is 0 Å². The van der Waals surface area contributed by atoms with Crippen molar-refractivity contribution in [1.82, 2.24) is 20.1 Å². The third-order valence-corrected chi connectivity index (χ3v) is 5.10. The van der Waals surface area contributed by atoms with E-state index >= 15 is 0 Å². The van der Waals surface area contributed by atoms with Gasteiger partial charge in [-0.2, -0.15) is 16.4 Å². The van der Waals surface area contributed by atoms with E-state index in [1.165, 1.54) is 0 Å². The number of hydrogen-bond donors (Lipinski definition) is 1. The van der Waals surface area contributed by atoms with Gasteiger partial charge in [0, 0.05) is 23.7 Å². The zero-order valence-corrected chi connectivity index (χ0v) is 14.0. The maximum Gasteiger partial charge on any atom is 0.272 e. The lowest BCUT2D eigenvalue weighted by Crippen LogP contribution is -2.39. The van der Waals surface area contributed by atoms with Gasteiger partial charge in [0.25, 0.3) is 5.91 Å². The van der Waals surface area contributed by atoms with Crippen LogP contribution in [0.3, 0.4) is 0 Å². The molecule has 1 amide bonds. The number of likely N-dealkylation sites (tertiary alicyclic amines) is 1. The quantitative estimate of drug-likeness (QED) is 0.788. The number of hydrogen-bond acceptors (Lipinski definition) is 4. The van der Waals surface area contributed by atoms with E-state index in [9.17, 15) is 4.79 Å². The van der Waals surface area contributed by atoms with Crippen molar-refractivity contribution in [2.24, 2.45) is 0 Å². The number of rotatable bonds is 3. The summed E-state index contributed by atoms with van der Waals surface area (Å²) >= 11 is 1.62. The summed E-state index contributed by atoms with van der Waals surface area (Å²) in [4.78, 5) is 19.4. The first kappa shape index (κ1) is 15.1. The Morgan fingerprint density at radius 1 is 1.29 bits per heavy atom. The van der Waals surface area contributed by atoms with Crippen LogP contribution in [0, 0.1) is 0 Å². The van der Waals surface area contributed by atoms with E-state index in [0.717, 1.165) is 42.8 Å². The minimum atomic E-state index is -0.000618. The predicted octanol–water partition coefficient (Wildman–Crippen LogP) is 3.90. The molecule has 122 valence electrons. The molecular weight excluding hydrogens is 320 g/mol. The van der Waals surface area contributed by atoms with Crippen LogP contribution < -0.4 is 0 Å². The number of carbonyl (C=O) groups excluding carboxylic acids is 1. The number of nitrogens with zero attached hydrogens (tertiary/aromatic N) is 3. The van der Waals surface area contributed by atoms with Gasteiger partial charge in [0.05, 0.1) is 17.4 Å². The lowest BCUT2D eigenvalue weighted by Gasteiger charge is -2.35. The first-order valence-electron chi connectivity index (χ1n) is 8.13. The summed E-state index contributed by atoms with van der Waals surface area (Å²) in [6, 6.07) is 9.77. The van der Waals surface area contributed by atoms with Crippen LogP contribution >= 0.6 is 11.3 Å². The fraction of sp³-hybridized carbons (Fsp3) is 0.278. The summed E-state index contributed by atoms with van der Waals surface area (Å²) in [5.41, 5.74) is 3.35. The fourth-order valence-corrected chi connectivity index (χ4v) is 3.85. The molecule has 0 spiro atoms. The van der Waals surface area contributed by atoms with Gasteiger partial charge < -0.3 is 4.90 Å². The van der Waals surface area contributed by atoms with Crippen LogP contribution in [0.25, 0.3) is 11.3 Å². The molecule has 24 heavy (non-hydrogen) atoms. The predicted molar refractivity (Wildman–Crippen MR) is 93.8 cm³/mol. The molecule has 0 aliphatic carbocycles. The van der Waals surface area contributed by atoms with Crippen molar-refractivity contribution < 1.29 is 4.79 Å². The van der Waals surface area contributed by atoms with Crippen molar-refractivity contribution in [2.45, 2.75) is 25.3 Å². The van der Waals surface area contributed by atoms with Crippen molar-refractivity contribution in [3.05, 3.63) is 58.7 Å². The number of thiophene rings is 1. The Morgan fingerprint density at radius 3 is 3.04 bits per heavy atom. The minimum Gasteiger partial charge on any atom is -0.329 e. The van der Waals surface area contributed by atoms with Crippen molar-refractivity contribution in [3.63, 3.8) is 0 Å². The van der Waals surface area contributed by atoms with E-state index in [2.05, 4.69) is 15.2 Å². The molecule has 1 unspecified atom stereocenters. The van der Waals surface area contributed by atoms with Gasteiger partial charge in [0.2, 0.25) is 0 Å². The second-order valence-corrected chi connectivity index (χ2v) is 6.72. The lowest BCUT2D eigenvalue weighted by molar-refractivity contribution is 0.0600. The molecule has 0 radical (unpaired) electrons. The van der Waals surface area contributed by atoms with Crippen LogP contribution in [0.1, 0.15) is 41.5 Å². The molecule has 1 aliphatic heterocycles. The average molecular weight is 338 g/mol. The van der Waals surface area contributed by atoms with E-state index in [1.54, 1.807) is 17.5 Å². The van der Waals surface area contributed by atoms with Gasteiger partial charge in [-0.3, -0.25) is 14.9 Å². The zero-order valence-electron chi connectivity index (χ0n) is 13.2. The Morgan fingerprint density at radius 2 is 2.25 bits per heavy atom. The van der Waals surface area contributed by atoms with Crippen LogP contribution in [0.2, 0.25) is 0 Å². The van der Waals surface area contributed by atoms with Crippen molar-refractivity contribution >= 4 is 17.2 Å². The van der Waals surface area contributed by atoms with Gasteiger partial charge in [0.15, 0.2) is 0 Å². The van der Waals surface area contributed by atoms with E-state index in [1.807, 2.05) is 46.0 Å². The monoisotopic (exact) mass is 338 g/mol. The Hall–Kier alpha value is -2.47. The number of piperidine rings is 1. The summed E-state index contributed by atoms with van der Waals surface area (Å²) in [5.74, 6) is -0.000618. The van der Waals surface area contributed by atoms with Crippen LogP contribution in [0.4, 0.5) is 0 Å². The topological polar surface area (TPSA) is 61.9 Å². The lowest BCUT2D eigenvalue weighted by atomic mass is 9.98. The molecule has 3 aromatic rings. The van der Waals surface area contributed by atoms with Gasteiger partial charge in [-0.15, -0.1) is 0 Å². The molecular formula is C18H18N4OS. The van der Waals surface area contributed by atoms with Crippen molar-refractivity contribution in [2.75, 3.05) is 6.54 Å². The Labute approximate surface area is 144 Å². The first-order valence-corrected chi connectivity index (χ1v) is 9.07. The molecule has 6 heteroatoms. The first-order chi connectivity index (χ1) is 11.8. The standard InChI is InChI=1S/C18H18N4OS/c23-18(16-11-15(20-21-16)13-7-10-24-12-13)22-9-4-2-6-17(22)14-5-1-3-8-19-14/h1,3,5,7-8,10-12,17H,2,4,6,9H2,(H,20,21). The zero-order chi connectivity index (χ0) is 16.4. The maximum absolute atomic E-state index is 13.0. The number of aromatic amines is 1. The number of amides is 1. The van der Waals surface area contributed by atoms with Crippen molar-refractivity contribution in [1.29, 1.82) is 0 Å². The SMILES string of the molecule is O=C(c1cc(-c2ccsc2)n[nH]1)N1CCCCC1c1ccccn1. The molecule has 0 bridgehead atoms. The number of pyridine rings is 1. The highest BCUT2D eigenvalue weighted by Crippen LogP contribution is 2.31. The molecule has 4 heterocycles. The molecule has 3 aromatic heterocycles. The Bertz CT molecular complexity index is 813. The number of carbonyl (C=O) groups is 1. The summed E-state index contributed by atoms with van der Waals surface area (Å²) in [6.07, 6.45) is 4.89. The van der Waals surface area contributed by atoms with E-state index < -0.39 is 0 Å². The van der Waals surface area contributed by atoms with Gasteiger partial charge in [0.1, 0.15) is 5.69 Å². The van der Waals surface area contributed by atoms with Gasteiger partial charge in [-0.1, -0.05) is 6.07 Å². The Balaban J connectivity index is 1.60. The average Bonchev–Trinajstić information content (AvgIpc) is 3.33. The highest BCUT2D eigenvalue weighted by molar-refractivity contribution is 7.08. The maximum atomic E-state index is 13.0. The summed E-state index contributed by atoms with van der Waals surface area (Å²) in [6.45, 7) is 0.757. The van der Waals surface area contributed by atoms with E-state index in [0.29, 0.717) is 5.69 Å². The molecule has 1 aliphatic rings. The smallest absolute Gasteiger partial charge is 0.272 e. The summed E-state index contributed by atoms with van der Waals surface area (Å²) in [5, 5.41) is 11.2. The third-order valence-electron chi connectivity index (χ3n) is 4.42. The number of aromatic nitrogens is 3. The van der Waals surface area contributed by atoms with Gasteiger partial charge in [-0.25, -0.2) is 0 Å². The van der Waals surface area contributed by atoms with Gasteiger partial charge in [-0.05, 0) is 48.9 Å². The molecule has 1 atom stereocenters. The highest BCUT2D eigenvalue weighted by Gasteiger charge is 2.30. The highest BCUT2D eigenvalue weighted by atomic mass is 32.1. The fourth-order valence-electron chi connectivity index (χ4n) is 3.20. The third kappa shape index (κ3) is 2.85. The largest absolute Gasteiger partial charge is 0.329 e. The minimum absolute atomic E-state index is 0.000618. The van der Waals surface area contributed by atoms with Crippen LogP contribution in [0.15, 0.2) is 47.3 Å². The van der Waals surface area contributed by atoms with Crippen molar-refractivity contribution in [3.8, 4) is 11.3 Å². The Kier molecular flexibility index (Phi) is 4.13. The second-order valence-electron chi connectivity index (χ2n) is 5.94. The molecule has 5 nitrogen and oxygen atoms in total. The molecule has 4 rings (SSSR count). The number of H-pyrrole nitrogens is 1. The summed E-state index contributed by atoms with van der Waals surface area (Å²) in [7, 11) is 0. The summed E-state index contributed by atoms with van der Waals surface area (Å²) < 4.78 is 0. The van der Waals surface area contributed by atoms with Crippen LogP contribution in [-0.2, 0) is 0 Å².